The average molecular weight is 270 g/mol. The van der Waals surface area contributed by atoms with Crippen LogP contribution in [-0.4, -0.2) is 50.2 Å². The SMILES string of the molecule is CCOC(=O)C1CNC(OCC(F)(F)F)C(C)N1. The van der Waals surface area contributed by atoms with Gasteiger partial charge in [-0.15, -0.1) is 0 Å². The Morgan fingerprint density at radius 2 is 2.11 bits per heavy atom. The van der Waals surface area contributed by atoms with E-state index >= 15 is 0 Å². The third-order valence-electron chi connectivity index (χ3n) is 2.44. The summed E-state index contributed by atoms with van der Waals surface area (Å²) in [5.74, 6) is -0.425. The lowest BCUT2D eigenvalue weighted by Gasteiger charge is -2.35. The smallest absolute Gasteiger partial charge is 0.411 e. The normalized spacial score (nSPS) is 29.1. The molecule has 8 heteroatoms. The van der Waals surface area contributed by atoms with Crippen molar-refractivity contribution in [3.63, 3.8) is 0 Å². The number of ether oxygens (including phenoxy) is 2. The van der Waals surface area contributed by atoms with E-state index < -0.39 is 37.1 Å². The summed E-state index contributed by atoms with van der Waals surface area (Å²) >= 11 is 0. The van der Waals surface area contributed by atoms with Gasteiger partial charge in [-0.25, -0.2) is 0 Å². The Labute approximate surface area is 103 Å². The molecular weight excluding hydrogens is 253 g/mol. The molecule has 0 aromatic rings. The lowest BCUT2D eigenvalue weighted by Crippen LogP contribution is -2.63. The third kappa shape index (κ3) is 4.79. The number of carbonyl (C=O) groups is 1. The third-order valence-corrected chi connectivity index (χ3v) is 2.44. The summed E-state index contributed by atoms with van der Waals surface area (Å²) in [5, 5.41) is 5.60. The van der Waals surface area contributed by atoms with Crippen molar-refractivity contribution in [2.24, 2.45) is 0 Å². The fraction of sp³-hybridized carbons (Fsp3) is 0.900. The van der Waals surface area contributed by atoms with Crippen LogP contribution in [0.2, 0.25) is 0 Å². The van der Waals surface area contributed by atoms with Gasteiger partial charge in [-0.2, -0.15) is 13.2 Å². The maximum Gasteiger partial charge on any atom is 0.411 e. The monoisotopic (exact) mass is 270 g/mol. The summed E-state index contributed by atoms with van der Waals surface area (Å²) in [7, 11) is 0. The van der Waals surface area contributed by atoms with Crippen molar-refractivity contribution in [1.29, 1.82) is 0 Å². The second-order valence-electron chi connectivity index (χ2n) is 4.02. The second-order valence-corrected chi connectivity index (χ2v) is 4.02. The Morgan fingerprint density at radius 1 is 1.44 bits per heavy atom. The number of hydrogen-bond acceptors (Lipinski definition) is 5. The van der Waals surface area contributed by atoms with E-state index in [9.17, 15) is 18.0 Å². The highest BCUT2D eigenvalue weighted by atomic mass is 19.4. The first-order chi connectivity index (χ1) is 8.33. The molecule has 1 rings (SSSR count). The molecule has 5 nitrogen and oxygen atoms in total. The molecule has 0 amide bonds. The van der Waals surface area contributed by atoms with Crippen LogP contribution in [0.1, 0.15) is 13.8 Å². The van der Waals surface area contributed by atoms with E-state index in [0.29, 0.717) is 0 Å². The summed E-state index contributed by atoms with van der Waals surface area (Å²) in [6, 6.07) is -0.985. The minimum absolute atomic E-state index is 0.172. The van der Waals surface area contributed by atoms with Gasteiger partial charge in [0.25, 0.3) is 0 Å². The van der Waals surface area contributed by atoms with Gasteiger partial charge < -0.3 is 9.47 Å². The molecule has 0 aromatic heterocycles. The summed E-state index contributed by atoms with van der Waals surface area (Å²) in [5.41, 5.74) is 0. The highest BCUT2D eigenvalue weighted by Crippen LogP contribution is 2.16. The predicted octanol–water partition coefficient (Wildman–Crippen LogP) is 0.404. The van der Waals surface area contributed by atoms with Gasteiger partial charge in [0.05, 0.1) is 6.61 Å². The topological polar surface area (TPSA) is 59.6 Å². The second kappa shape index (κ2) is 6.35. The minimum Gasteiger partial charge on any atom is -0.465 e. The van der Waals surface area contributed by atoms with Gasteiger partial charge >= 0.3 is 12.1 Å². The summed E-state index contributed by atoms with van der Waals surface area (Å²) in [6.07, 6.45) is -5.14. The first-order valence-electron chi connectivity index (χ1n) is 5.68. The van der Waals surface area contributed by atoms with Crippen LogP contribution in [0, 0.1) is 0 Å². The molecule has 2 N–H and O–H groups in total. The quantitative estimate of drug-likeness (QED) is 0.724. The molecule has 0 bridgehead atoms. The lowest BCUT2D eigenvalue weighted by molar-refractivity contribution is -0.194. The van der Waals surface area contributed by atoms with Gasteiger partial charge in [0, 0.05) is 12.6 Å². The molecule has 1 aliphatic rings. The number of carbonyl (C=O) groups excluding carboxylic acids is 1. The molecule has 1 heterocycles. The van der Waals surface area contributed by atoms with Crippen LogP contribution in [0.4, 0.5) is 13.2 Å². The number of hydrogen-bond donors (Lipinski definition) is 2. The predicted molar refractivity (Wildman–Crippen MR) is 56.8 cm³/mol. The number of nitrogens with one attached hydrogen (secondary N) is 2. The van der Waals surface area contributed by atoms with Crippen LogP contribution in [0.3, 0.4) is 0 Å². The first kappa shape index (κ1) is 15.2. The Kier molecular flexibility index (Phi) is 5.36. The Balaban J connectivity index is 2.39. The number of alkyl halides is 3. The van der Waals surface area contributed by atoms with E-state index in [-0.39, 0.29) is 13.2 Å². The van der Waals surface area contributed by atoms with Crippen molar-refractivity contribution in [2.45, 2.75) is 38.3 Å². The van der Waals surface area contributed by atoms with Crippen LogP contribution in [0.25, 0.3) is 0 Å². The van der Waals surface area contributed by atoms with Gasteiger partial charge in [-0.1, -0.05) is 0 Å². The number of esters is 1. The summed E-state index contributed by atoms with van der Waals surface area (Å²) in [4.78, 5) is 11.4. The number of piperazine rings is 1. The highest BCUT2D eigenvalue weighted by Gasteiger charge is 2.35. The van der Waals surface area contributed by atoms with E-state index in [1.807, 2.05) is 0 Å². The van der Waals surface area contributed by atoms with Gasteiger partial charge in [0.2, 0.25) is 0 Å². The zero-order chi connectivity index (χ0) is 13.8. The molecule has 0 saturated carbocycles. The van der Waals surface area contributed by atoms with E-state index in [0.717, 1.165) is 0 Å². The number of halogens is 3. The van der Waals surface area contributed by atoms with Crippen molar-refractivity contribution >= 4 is 5.97 Å². The van der Waals surface area contributed by atoms with Gasteiger partial charge in [-0.05, 0) is 13.8 Å². The van der Waals surface area contributed by atoms with Crippen LogP contribution >= 0.6 is 0 Å². The van der Waals surface area contributed by atoms with Crippen molar-refractivity contribution < 1.29 is 27.4 Å². The van der Waals surface area contributed by atoms with E-state index in [4.69, 9.17) is 9.47 Å². The molecule has 0 spiro atoms. The zero-order valence-corrected chi connectivity index (χ0v) is 10.2. The Morgan fingerprint density at radius 3 is 2.61 bits per heavy atom. The fourth-order valence-corrected chi connectivity index (χ4v) is 1.66. The van der Waals surface area contributed by atoms with E-state index in [2.05, 4.69) is 10.6 Å². The largest absolute Gasteiger partial charge is 0.465 e. The Bertz CT molecular complexity index is 286. The molecule has 0 aliphatic carbocycles. The molecule has 0 aromatic carbocycles. The van der Waals surface area contributed by atoms with Gasteiger partial charge in [0.15, 0.2) is 0 Å². The molecule has 0 radical (unpaired) electrons. The molecular formula is C10H17F3N2O3. The highest BCUT2D eigenvalue weighted by molar-refractivity contribution is 5.76. The molecule has 3 unspecified atom stereocenters. The van der Waals surface area contributed by atoms with Crippen LogP contribution in [0.5, 0.6) is 0 Å². The average Bonchev–Trinajstić information content (AvgIpc) is 2.26. The minimum atomic E-state index is -4.36. The maximum atomic E-state index is 12.0. The molecule has 18 heavy (non-hydrogen) atoms. The van der Waals surface area contributed by atoms with Crippen molar-refractivity contribution in [3.8, 4) is 0 Å². The maximum absolute atomic E-state index is 12.0. The molecule has 106 valence electrons. The van der Waals surface area contributed by atoms with E-state index in [1.54, 1.807) is 13.8 Å². The van der Waals surface area contributed by atoms with Crippen molar-refractivity contribution in [3.05, 3.63) is 0 Å². The fourth-order valence-electron chi connectivity index (χ4n) is 1.66. The molecule has 1 aliphatic heterocycles. The van der Waals surface area contributed by atoms with Crippen molar-refractivity contribution in [1.82, 2.24) is 10.6 Å². The van der Waals surface area contributed by atoms with Crippen LogP contribution < -0.4 is 10.6 Å². The van der Waals surface area contributed by atoms with Crippen LogP contribution in [-0.2, 0) is 14.3 Å². The summed E-state index contributed by atoms with van der Waals surface area (Å²) in [6.45, 7) is 2.44. The molecule has 1 saturated heterocycles. The first-order valence-corrected chi connectivity index (χ1v) is 5.68. The van der Waals surface area contributed by atoms with Gasteiger partial charge in [0.1, 0.15) is 18.9 Å². The molecule has 1 fully saturated rings. The zero-order valence-electron chi connectivity index (χ0n) is 10.2. The van der Waals surface area contributed by atoms with Gasteiger partial charge in [-0.3, -0.25) is 15.4 Å². The summed E-state index contributed by atoms with van der Waals surface area (Å²) < 4.78 is 45.5. The lowest BCUT2D eigenvalue weighted by atomic mass is 10.1. The Hall–Kier alpha value is -0.860. The van der Waals surface area contributed by atoms with E-state index in [1.165, 1.54) is 0 Å². The van der Waals surface area contributed by atoms with Crippen LogP contribution in [0.15, 0.2) is 0 Å². The molecule has 3 atom stereocenters. The standard InChI is InChI=1S/C10H17F3N2O3/c1-3-17-9(16)7-4-14-8(6(2)15-7)18-5-10(11,12)13/h6-8,14-15H,3-5H2,1-2H3. The van der Waals surface area contributed by atoms with Crippen molar-refractivity contribution in [2.75, 3.05) is 19.8 Å². The number of rotatable bonds is 4.